The lowest BCUT2D eigenvalue weighted by Gasteiger charge is -2.13. The third kappa shape index (κ3) is 6.93. The van der Waals surface area contributed by atoms with Gasteiger partial charge in [0.05, 0.1) is 0 Å². The highest BCUT2D eigenvalue weighted by Gasteiger charge is 2.13. The molecular weight excluding hydrogens is 208 g/mol. The van der Waals surface area contributed by atoms with Crippen LogP contribution in [0.3, 0.4) is 0 Å². The summed E-state index contributed by atoms with van der Waals surface area (Å²) in [6, 6.07) is 8.19. The summed E-state index contributed by atoms with van der Waals surface area (Å²) in [4.78, 5) is 11.0. The first kappa shape index (κ1) is 18.3. The Morgan fingerprint density at radius 2 is 1.24 bits per heavy atom. The van der Waals surface area contributed by atoms with E-state index in [9.17, 15) is 4.79 Å². The molecule has 1 aromatic carbocycles. The lowest BCUT2D eigenvalue weighted by Crippen LogP contribution is -2.12. The van der Waals surface area contributed by atoms with Crippen LogP contribution in [0.5, 0.6) is 0 Å². The minimum atomic E-state index is 0.378. The van der Waals surface area contributed by atoms with Crippen LogP contribution in [-0.2, 0) is 17.6 Å². The zero-order valence-corrected chi connectivity index (χ0v) is 12.3. The summed E-state index contributed by atoms with van der Waals surface area (Å²) in [7, 11) is 0. The van der Waals surface area contributed by atoms with Crippen molar-refractivity contribution in [3.05, 3.63) is 35.4 Å². The van der Waals surface area contributed by atoms with Gasteiger partial charge in [-0.15, -0.1) is 0 Å². The van der Waals surface area contributed by atoms with Gasteiger partial charge in [-0.25, -0.2) is 0 Å². The van der Waals surface area contributed by atoms with E-state index in [1.807, 2.05) is 59.7 Å². The van der Waals surface area contributed by atoms with E-state index in [-0.39, 0.29) is 0 Å². The molecule has 1 heteroatoms. The average Bonchev–Trinajstić information content (AvgIpc) is 2.45. The smallest absolute Gasteiger partial charge is 0.137 e. The zero-order valence-electron chi connectivity index (χ0n) is 12.3. The van der Waals surface area contributed by atoms with Crippen LogP contribution in [0, 0.1) is 0 Å². The third-order valence-electron chi connectivity index (χ3n) is 2.18. The second-order valence-electron chi connectivity index (χ2n) is 2.98. The van der Waals surface area contributed by atoms with Crippen LogP contribution < -0.4 is 0 Å². The Balaban J connectivity index is 0. The molecule has 0 atom stereocenters. The Morgan fingerprint density at radius 1 is 0.765 bits per heavy atom. The maximum atomic E-state index is 11.0. The first-order valence-electron chi connectivity index (χ1n) is 6.95. The fraction of sp³-hybridized carbons (Fsp3) is 0.562. The van der Waals surface area contributed by atoms with E-state index in [1.54, 1.807) is 0 Å². The summed E-state index contributed by atoms with van der Waals surface area (Å²) in [5, 5.41) is 0. The van der Waals surface area contributed by atoms with Crippen molar-refractivity contribution in [2.24, 2.45) is 0 Å². The van der Waals surface area contributed by atoms with Crippen molar-refractivity contribution in [2.45, 2.75) is 60.8 Å². The summed E-state index contributed by atoms with van der Waals surface area (Å²) in [6.07, 6.45) is 2.32. The normalized spacial score (nSPS) is 11.5. The molecule has 1 aromatic rings. The number of aryl methyl sites for hydroxylation is 1. The Kier molecular flexibility index (Phi) is 13.9. The topological polar surface area (TPSA) is 17.1 Å². The van der Waals surface area contributed by atoms with E-state index in [2.05, 4.69) is 6.07 Å². The number of carbonyl (C=O) groups excluding carboxylic acids is 1. The molecule has 0 amide bonds. The van der Waals surface area contributed by atoms with E-state index in [1.165, 1.54) is 11.1 Å². The van der Waals surface area contributed by atoms with E-state index >= 15 is 0 Å². The molecule has 2 rings (SSSR count). The van der Waals surface area contributed by atoms with Crippen molar-refractivity contribution < 1.29 is 4.79 Å². The van der Waals surface area contributed by atoms with Crippen molar-refractivity contribution in [2.75, 3.05) is 0 Å². The monoisotopic (exact) mass is 236 g/mol. The van der Waals surface area contributed by atoms with Gasteiger partial charge < -0.3 is 0 Å². The number of Topliss-reactive ketones (excluding diaryl/α,β-unsaturated/α-hetero) is 1. The lowest BCUT2D eigenvalue weighted by atomic mass is 9.91. The molecule has 0 bridgehead atoms. The quantitative estimate of drug-likeness (QED) is 0.631. The molecule has 0 aliphatic heterocycles. The van der Waals surface area contributed by atoms with E-state index < -0.39 is 0 Å². The molecule has 0 unspecified atom stereocenters. The fourth-order valence-electron chi connectivity index (χ4n) is 1.55. The van der Waals surface area contributed by atoms with Crippen LogP contribution in [0.1, 0.15) is 59.1 Å². The Labute approximate surface area is 107 Å². The minimum Gasteiger partial charge on any atom is -0.299 e. The highest BCUT2D eigenvalue weighted by molar-refractivity contribution is 5.83. The van der Waals surface area contributed by atoms with Crippen molar-refractivity contribution in [3.8, 4) is 0 Å². The van der Waals surface area contributed by atoms with Crippen molar-refractivity contribution in [1.82, 2.24) is 0 Å². The summed E-state index contributed by atoms with van der Waals surface area (Å²) < 4.78 is 0. The molecule has 1 aliphatic rings. The van der Waals surface area contributed by atoms with Gasteiger partial charge in [0.15, 0.2) is 0 Å². The largest absolute Gasteiger partial charge is 0.299 e. The molecule has 0 spiro atoms. The maximum absolute atomic E-state index is 11.0. The van der Waals surface area contributed by atoms with Gasteiger partial charge in [0.1, 0.15) is 5.78 Å². The number of rotatable bonds is 0. The molecule has 0 fully saturated rings. The molecule has 17 heavy (non-hydrogen) atoms. The van der Waals surface area contributed by atoms with Gasteiger partial charge in [-0.2, -0.15) is 0 Å². The number of hydrogen-bond acceptors (Lipinski definition) is 1. The molecule has 0 heterocycles. The van der Waals surface area contributed by atoms with E-state index in [0.717, 1.165) is 12.8 Å². The van der Waals surface area contributed by atoms with Gasteiger partial charge in [-0.3, -0.25) is 4.79 Å². The van der Waals surface area contributed by atoms with Crippen molar-refractivity contribution in [3.63, 3.8) is 0 Å². The average molecular weight is 236 g/mol. The third-order valence-corrected chi connectivity index (χ3v) is 2.18. The fourth-order valence-corrected chi connectivity index (χ4v) is 1.55. The number of fused-ring (bicyclic) bond motifs is 1. The SMILES string of the molecule is CC.CC.CC.O=C1CCc2ccccc2C1. The maximum Gasteiger partial charge on any atom is 0.137 e. The van der Waals surface area contributed by atoms with Crippen LogP contribution in [0.2, 0.25) is 0 Å². The minimum absolute atomic E-state index is 0.378. The van der Waals surface area contributed by atoms with E-state index in [0.29, 0.717) is 12.2 Å². The second-order valence-corrected chi connectivity index (χ2v) is 2.98. The Bertz CT molecular complexity index is 289. The Hall–Kier alpha value is -1.11. The molecule has 0 saturated heterocycles. The number of ketones is 1. The zero-order chi connectivity index (χ0) is 13.7. The van der Waals surface area contributed by atoms with Gasteiger partial charge >= 0.3 is 0 Å². The first-order chi connectivity index (χ1) is 8.36. The standard InChI is InChI=1S/C10H10O.3C2H6/c11-10-6-5-8-3-1-2-4-9(8)7-10;3*1-2/h1-4H,5-7H2;3*1-2H3. The lowest BCUT2D eigenvalue weighted by molar-refractivity contribution is -0.118. The molecule has 0 aromatic heterocycles. The number of benzene rings is 1. The second kappa shape index (κ2) is 13.0. The molecule has 0 radical (unpaired) electrons. The van der Waals surface area contributed by atoms with Gasteiger partial charge in [0.2, 0.25) is 0 Å². The molecule has 98 valence electrons. The molecule has 1 nitrogen and oxygen atoms in total. The number of hydrogen-bond donors (Lipinski definition) is 0. The summed E-state index contributed by atoms with van der Waals surface area (Å²) in [5.74, 6) is 0.378. The highest BCUT2D eigenvalue weighted by Crippen LogP contribution is 2.17. The van der Waals surface area contributed by atoms with Crippen LogP contribution in [-0.4, -0.2) is 5.78 Å². The predicted molar refractivity (Wildman–Crippen MR) is 77.5 cm³/mol. The summed E-state index contributed by atoms with van der Waals surface area (Å²) in [5.41, 5.74) is 2.58. The molecule has 0 N–H and O–H groups in total. The molecule has 0 saturated carbocycles. The van der Waals surface area contributed by atoms with Crippen LogP contribution in [0.4, 0.5) is 0 Å². The van der Waals surface area contributed by atoms with Gasteiger partial charge in [0.25, 0.3) is 0 Å². The van der Waals surface area contributed by atoms with Gasteiger partial charge in [0, 0.05) is 12.8 Å². The van der Waals surface area contributed by atoms with Crippen LogP contribution in [0.15, 0.2) is 24.3 Å². The van der Waals surface area contributed by atoms with Crippen LogP contribution >= 0.6 is 0 Å². The molecular formula is C16H28O. The predicted octanol–water partition coefficient (Wildman–Crippen LogP) is 4.82. The number of carbonyl (C=O) groups is 1. The highest BCUT2D eigenvalue weighted by atomic mass is 16.1. The Morgan fingerprint density at radius 3 is 1.76 bits per heavy atom. The summed E-state index contributed by atoms with van der Waals surface area (Å²) >= 11 is 0. The van der Waals surface area contributed by atoms with Crippen molar-refractivity contribution in [1.29, 1.82) is 0 Å². The van der Waals surface area contributed by atoms with Crippen molar-refractivity contribution >= 4 is 5.78 Å². The van der Waals surface area contributed by atoms with Gasteiger partial charge in [-0.05, 0) is 17.5 Å². The summed E-state index contributed by atoms with van der Waals surface area (Å²) in [6.45, 7) is 12.0. The van der Waals surface area contributed by atoms with Gasteiger partial charge in [-0.1, -0.05) is 65.8 Å². The van der Waals surface area contributed by atoms with E-state index in [4.69, 9.17) is 0 Å². The first-order valence-corrected chi connectivity index (χ1v) is 6.95. The molecule has 1 aliphatic carbocycles. The van der Waals surface area contributed by atoms with Crippen LogP contribution in [0.25, 0.3) is 0 Å².